The summed E-state index contributed by atoms with van der Waals surface area (Å²) in [5.41, 5.74) is 0. The number of hydrogen-bond acceptors (Lipinski definition) is 1. The van der Waals surface area contributed by atoms with Crippen molar-refractivity contribution in [1.29, 1.82) is 0 Å². The van der Waals surface area contributed by atoms with E-state index >= 15 is 0 Å². The minimum atomic E-state index is -6.26. The molecule has 0 radical (unpaired) electrons. The molecule has 0 N–H and O–H groups in total. The number of nitrogens with zero attached hydrogens (tertiary/aromatic N) is 1. The third kappa shape index (κ3) is 1.87. The Balaban J connectivity index is 5.04. The van der Waals surface area contributed by atoms with Crippen molar-refractivity contribution in [3.8, 4) is 0 Å². The van der Waals surface area contributed by atoms with E-state index in [1.165, 1.54) is 0 Å². The molecule has 0 saturated carbocycles. The van der Waals surface area contributed by atoms with Gasteiger partial charge in [-0.05, 0) is 14.1 Å². The summed E-state index contributed by atoms with van der Waals surface area (Å²) in [5.74, 6) is -6.05. The lowest BCUT2D eigenvalue weighted by molar-refractivity contribution is -0.383. The Morgan fingerprint density at radius 3 is 1.15 bits per heavy atom. The molecule has 0 unspecified atom stereocenters. The van der Waals surface area contributed by atoms with Crippen LogP contribution in [0, 0.1) is 0 Å². The average molecular weight is 213 g/mol. The van der Waals surface area contributed by atoms with Gasteiger partial charge in [-0.3, -0.25) is 0 Å². The minimum Gasteiger partial charge on any atom is -0.245 e. The van der Waals surface area contributed by atoms with E-state index in [1.807, 2.05) is 0 Å². The van der Waals surface area contributed by atoms with Crippen molar-refractivity contribution in [1.82, 2.24) is 4.90 Å². The van der Waals surface area contributed by atoms with Gasteiger partial charge in [0.15, 0.2) is 0 Å². The van der Waals surface area contributed by atoms with Crippen LogP contribution in [0.4, 0.5) is 30.7 Å². The van der Waals surface area contributed by atoms with Gasteiger partial charge in [-0.2, -0.15) is 30.7 Å². The summed E-state index contributed by atoms with van der Waals surface area (Å²) in [7, 11) is 0.860. The van der Waals surface area contributed by atoms with Gasteiger partial charge >= 0.3 is 18.1 Å². The van der Waals surface area contributed by atoms with Crippen molar-refractivity contribution in [3.63, 3.8) is 0 Å². The molecule has 0 aliphatic heterocycles. The lowest BCUT2D eigenvalue weighted by Gasteiger charge is -2.32. The van der Waals surface area contributed by atoms with Crippen LogP contribution in [0.25, 0.3) is 0 Å². The smallest absolute Gasteiger partial charge is 0.245 e. The largest absolute Gasteiger partial charge is 0.461 e. The topological polar surface area (TPSA) is 3.24 Å². The summed E-state index contributed by atoms with van der Waals surface area (Å²) in [5, 5.41) is 0. The van der Waals surface area contributed by atoms with Gasteiger partial charge in [0.1, 0.15) is 0 Å². The Hall–Kier alpha value is -0.530. The third-order valence-electron chi connectivity index (χ3n) is 1.30. The van der Waals surface area contributed by atoms with Gasteiger partial charge < -0.3 is 0 Å². The first-order valence-electron chi connectivity index (χ1n) is 2.94. The number of halogens is 7. The summed E-state index contributed by atoms with van der Waals surface area (Å²) in [4.78, 5) is -0.486. The maximum Gasteiger partial charge on any atom is 0.461 e. The first-order chi connectivity index (χ1) is 5.44. The van der Waals surface area contributed by atoms with Crippen LogP contribution in [0.15, 0.2) is 0 Å². The van der Waals surface area contributed by atoms with Crippen molar-refractivity contribution in [2.24, 2.45) is 0 Å². The van der Waals surface area contributed by atoms with Gasteiger partial charge in [-0.15, -0.1) is 0 Å². The molecule has 1 nitrogen and oxygen atoms in total. The lowest BCUT2D eigenvalue weighted by Crippen LogP contribution is -2.58. The summed E-state index contributed by atoms with van der Waals surface area (Å²) >= 11 is 0. The number of rotatable bonds is 2. The zero-order valence-corrected chi connectivity index (χ0v) is 6.59. The fourth-order valence-electron chi connectivity index (χ4n) is 0.451. The fourth-order valence-corrected chi connectivity index (χ4v) is 0.451. The van der Waals surface area contributed by atoms with Gasteiger partial charge in [0, 0.05) is 0 Å². The SMILES string of the molecule is CN(C)C(F)(F)C(F)(F)C(F)(F)F. The zero-order valence-electron chi connectivity index (χ0n) is 6.59. The van der Waals surface area contributed by atoms with Crippen molar-refractivity contribution >= 4 is 0 Å². The zero-order chi connectivity index (χ0) is 11.1. The van der Waals surface area contributed by atoms with Gasteiger partial charge in [0.05, 0.1) is 0 Å². The summed E-state index contributed by atoms with van der Waals surface area (Å²) in [6, 6.07) is -5.24. The van der Waals surface area contributed by atoms with Crippen LogP contribution in [0.2, 0.25) is 0 Å². The van der Waals surface area contributed by atoms with Gasteiger partial charge in [-0.25, -0.2) is 4.90 Å². The molecule has 0 aromatic heterocycles. The average Bonchev–Trinajstić information content (AvgIpc) is 1.84. The second-order valence-electron chi connectivity index (χ2n) is 2.51. The Morgan fingerprint density at radius 2 is 1.08 bits per heavy atom. The van der Waals surface area contributed by atoms with Gasteiger partial charge in [0.25, 0.3) is 0 Å². The van der Waals surface area contributed by atoms with E-state index in [1.54, 1.807) is 0 Å². The molecular formula is C5H6F7N. The summed E-state index contributed by atoms with van der Waals surface area (Å²) in [6.07, 6.45) is -6.26. The molecule has 13 heavy (non-hydrogen) atoms. The highest BCUT2D eigenvalue weighted by atomic mass is 19.4. The van der Waals surface area contributed by atoms with E-state index < -0.39 is 23.0 Å². The van der Waals surface area contributed by atoms with E-state index in [0.29, 0.717) is 14.1 Å². The molecule has 0 heterocycles. The molecule has 0 aromatic carbocycles. The quantitative estimate of drug-likeness (QED) is 0.502. The van der Waals surface area contributed by atoms with Crippen LogP contribution in [0.3, 0.4) is 0 Å². The second-order valence-corrected chi connectivity index (χ2v) is 2.51. The van der Waals surface area contributed by atoms with E-state index in [-0.39, 0.29) is 0 Å². The van der Waals surface area contributed by atoms with Crippen LogP contribution < -0.4 is 0 Å². The van der Waals surface area contributed by atoms with E-state index in [0.717, 1.165) is 0 Å². The fraction of sp³-hybridized carbons (Fsp3) is 1.00. The van der Waals surface area contributed by atoms with Crippen molar-refractivity contribution in [2.75, 3.05) is 14.1 Å². The molecule has 0 rings (SSSR count). The molecule has 0 bridgehead atoms. The van der Waals surface area contributed by atoms with E-state index in [4.69, 9.17) is 0 Å². The molecule has 0 amide bonds. The molecular weight excluding hydrogens is 207 g/mol. The van der Waals surface area contributed by atoms with Crippen molar-refractivity contribution in [2.45, 2.75) is 18.1 Å². The highest BCUT2D eigenvalue weighted by Gasteiger charge is 2.74. The molecule has 80 valence electrons. The Kier molecular flexibility index (Phi) is 2.88. The predicted octanol–water partition coefficient (Wildman–Crippen LogP) is 2.34. The molecule has 0 aliphatic rings. The highest BCUT2D eigenvalue weighted by Crippen LogP contribution is 2.47. The van der Waals surface area contributed by atoms with E-state index in [2.05, 4.69) is 0 Å². The Labute approximate surface area is 69.1 Å². The first kappa shape index (κ1) is 12.5. The first-order valence-corrected chi connectivity index (χ1v) is 2.94. The number of alkyl halides is 7. The number of hydrogen-bond donors (Lipinski definition) is 0. The highest BCUT2D eigenvalue weighted by molar-refractivity contribution is 4.88. The normalized spacial score (nSPS) is 15.2. The standard InChI is InChI=1S/C5H6F7N/c1-13(2)5(11,12)3(6,7)4(8,9)10/h1-2H3. The molecule has 0 aromatic rings. The molecule has 0 saturated heterocycles. The van der Waals surface area contributed by atoms with Crippen molar-refractivity contribution in [3.05, 3.63) is 0 Å². The summed E-state index contributed by atoms with van der Waals surface area (Å²) < 4.78 is 82.9. The summed E-state index contributed by atoms with van der Waals surface area (Å²) in [6.45, 7) is 0. The third-order valence-corrected chi connectivity index (χ3v) is 1.30. The molecule has 0 spiro atoms. The van der Waals surface area contributed by atoms with Crippen LogP contribution >= 0.6 is 0 Å². The molecule has 0 fully saturated rings. The lowest BCUT2D eigenvalue weighted by atomic mass is 10.2. The Bertz CT molecular complexity index is 182. The molecule has 8 heteroatoms. The van der Waals surface area contributed by atoms with E-state index in [9.17, 15) is 30.7 Å². The van der Waals surface area contributed by atoms with Gasteiger partial charge in [-0.1, -0.05) is 0 Å². The van der Waals surface area contributed by atoms with Crippen LogP contribution in [0.1, 0.15) is 0 Å². The predicted molar refractivity (Wildman–Crippen MR) is 29.6 cm³/mol. The van der Waals surface area contributed by atoms with Crippen molar-refractivity contribution < 1.29 is 30.7 Å². The second kappa shape index (κ2) is 3.00. The van der Waals surface area contributed by atoms with Crippen LogP contribution in [-0.2, 0) is 0 Å². The van der Waals surface area contributed by atoms with Crippen LogP contribution in [0.5, 0.6) is 0 Å². The molecule has 0 aliphatic carbocycles. The maximum atomic E-state index is 12.3. The van der Waals surface area contributed by atoms with Gasteiger partial charge in [0.2, 0.25) is 0 Å². The molecule has 0 atom stereocenters. The maximum absolute atomic E-state index is 12.3. The monoisotopic (exact) mass is 213 g/mol. The van der Waals surface area contributed by atoms with Crippen LogP contribution in [-0.4, -0.2) is 37.1 Å². The minimum absolute atomic E-state index is 0.430. The Morgan fingerprint density at radius 1 is 0.769 bits per heavy atom.